The molecule has 0 fully saturated rings. The van der Waals surface area contributed by atoms with Crippen molar-refractivity contribution < 1.29 is 0 Å². The first kappa shape index (κ1) is 10.8. The molecule has 0 amide bonds. The molecule has 0 saturated carbocycles. The van der Waals surface area contributed by atoms with E-state index in [4.69, 9.17) is 0 Å². The standard InChI is InChI=1S/C12H17Br/c1-9(2)12-7-5-4-6-11(12)8-10(3)13/h4-7,9-10H,8H2,1-3H3. The number of rotatable bonds is 3. The van der Waals surface area contributed by atoms with E-state index in [2.05, 4.69) is 61.0 Å². The molecule has 0 aromatic heterocycles. The van der Waals surface area contributed by atoms with Crippen molar-refractivity contribution in [1.82, 2.24) is 0 Å². The zero-order chi connectivity index (χ0) is 9.84. The third kappa shape index (κ3) is 3.15. The van der Waals surface area contributed by atoms with Crippen LogP contribution in [0.3, 0.4) is 0 Å². The summed E-state index contributed by atoms with van der Waals surface area (Å²) in [4.78, 5) is 0.562. The molecule has 1 rings (SSSR count). The molecule has 0 spiro atoms. The third-order valence-electron chi connectivity index (χ3n) is 2.18. The summed E-state index contributed by atoms with van der Waals surface area (Å²) in [5, 5.41) is 0. The van der Waals surface area contributed by atoms with Gasteiger partial charge in [-0.1, -0.05) is 61.0 Å². The van der Waals surface area contributed by atoms with Crippen LogP contribution in [0.4, 0.5) is 0 Å². The highest BCUT2D eigenvalue weighted by Crippen LogP contribution is 2.21. The van der Waals surface area contributed by atoms with Gasteiger partial charge in [-0.3, -0.25) is 0 Å². The summed E-state index contributed by atoms with van der Waals surface area (Å²) in [5.74, 6) is 0.627. The van der Waals surface area contributed by atoms with Gasteiger partial charge in [0.15, 0.2) is 0 Å². The molecule has 0 saturated heterocycles. The highest BCUT2D eigenvalue weighted by Gasteiger charge is 2.07. The van der Waals surface area contributed by atoms with Crippen molar-refractivity contribution in [2.24, 2.45) is 0 Å². The van der Waals surface area contributed by atoms with E-state index in [9.17, 15) is 0 Å². The lowest BCUT2D eigenvalue weighted by molar-refractivity contribution is 0.829. The van der Waals surface area contributed by atoms with E-state index in [1.165, 1.54) is 11.1 Å². The Bertz CT molecular complexity index is 264. The van der Waals surface area contributed by atoms with E-state index in [0.717, 1.165) is 6.42 Å². The molecule has 0 aliphatic rings. The van der Waals surface area contributed by atoms with Crippen LogP contribution >= 0.6 is 15.9 Å². The average molecular weight is 241 g/mol. The maximum absolute atomic E-state index is 3.59. The summed E-state index contributed by atoms with van der Waals surface area (Å²) in [6, 6.07) is 8.71. The Morgan fingerprint density at radius 1 is 1.15 bits per heavy atom. The van der Waals surface area contributed by atoms with Gasteiger partial charge >= 0.3 is 0 Å². The molecule has 0 bridgehead atoms. The average Bonchev–Trinajstić information content (AvgIpc) is 2.03. The van der Waals surface area contributed by atoms with E-state index in [0.29, 0.717) is 10.7 Å². The summed E-state index contributed by atoms with van der Waals surface area (Å²) < 4.78 is 0. The first-order valence-corrected chi connectivity index (χ1v) is 5.74. The SMILES string of the molecule is CC(Br)Cc1ccccc1C(C)C. The van der Waals surface area contributed by atoms with Crippen LogP contribution in [-0.4, -0.2) is 4.83 Å². The largest absolute Gasteiger partial charge is 0.0890 e. The van der Waals surface area contributed by atoms with E-state index < -0.39 is 0 Å². The fraction of sp³-hybridized carbons (Fsp3) is 0.500. The van der Waals surface area contributed by atoms with Crippen LogP contribution in [0, 0.1) is 0 Å². The smallest absolute Gasteiger partial charge is 0.0158 e. The van der Waals surface area contributed by atoms with Gasteiger partial charge in [0.2, 0.25) is 0 Å². The van der Waals surface area contributed by atoms with Crippen molar-refractivity contribution in [1.29, 1.82) is 0 Å². The molecule has 1 atom stereocenters. The molecule has 0 N–H and O–H groups in total. The predicted molar refractivity (Wildman–Crippen MR) is 62.6 cm³/mol. The molecule has 1 heteroatoms. The highest BCUT2D eigenvalue weighted by molar-refractivity contribution is 9.09. The first-order chi connectivity index (χ1) is 6.11. The van der Waals surface area contributed by atoms with Gasteiger partial charge in [0.25, 0.3) is 0 Å². The van der Waals surface area contributed by atoms with E-state index >= 15 is 0 Å². The molecule has 0 aliphatic heterocycles. The zero-order valence-electron chi connectivity index (χ0n) is 8.55. The highest BCUT2D eigenvalue weighted by atomic mass is 79.9. The van der Waals surface area contributed by atoms with Gasteiger partial charge in [0, 0.05) is 4.83 Å². The fourth-order valence-electron chi connectivity index (χ4n) is 1.59. The monoisotopic (exact) mass is 240 g/mol. The predicted octanol–water partition coefficient (Wildman–Crippen LogP) is 4.14. The minimum absolute atomic E-state index is 0.562. The number of hydrogen-bond donors (Lipinski definition) is 0. The van der Waals surface area contributed by atoms with Crippen molar-refractivity contribution >= 4 is 15.9 Å². The van der Waals surface area contributed by atoms with Gasteiger partial charge in [-0.15, -0.1) is 0 Å². The van der Waals surface area contributed by atoms with E-state index in [1.807, 2.05) is 0 Å². The van der Waals surface area contributed by atoms with Crippen LogP contribution in [0.5, 0.6) is 0 Å². The lowest BCUT2D eigenvalue weighted by Crippen LogP contribution is -2.01. The Morgan fingerprint density at radius 3 is 2.31 bits per heavy atom. The Labute approximate surface area is 89.5 Å². The maximum atomic E-state index is 3.59. The molecule has 1 unspecified atom stereocenters. The van der Waals surface area contributed by atoms with Crippen LogP contribution < -0.4 is 0 Å². The third-order valence-corrected chi connectivity index (χ3v) is 2.50. The Balaban J connectivity index is 2.91. The number of hydrogen-bond acceptors (Lipinski definition) is 0. The molecular formula is C12H17Br. The lowest BCUT2D eigenvalue weighted by Gasteiger charge is -2.13. The second-order valence-corrected chi connectivity index (χ2v) is 5.40. The molecule has 0 aliphatic carbocycles. The molecule has 0 nitrogen and oxygen atoms in total. The van der Waals surface area contributed by atoms with Crippen molar-refractivity contribution in [3.63, 3.8) is 0 Å². The fourth-order valence-corrected chi connectivity index (χ4v) is 1.94. The summed E-state index contributed by atoms with van der Waals surface area (Å²) in [7, 11) is 0. The normalized spacial score (nSPS) is 13.3. The first-order valence-electron chi connectivity index (χ1n) is 4.83. The molecular weight excluding hydrogens is 224 g/mol. The van der Waals surface area contributed by atoms with Crippen LogP contribution in [-0.2, 0) is 6.42 Å². The number of alkyl halides is 1. The van der Waals surface area contributed by atoms with Crippen LogP contribution in [0.2, 0.25) is 0 Å². The summed E-state index contributed by atoms with van der Waals surface area (Å²) in [6.45, 7) is 6.69. The molecule has 0 heterocycles. The quantitative estimate of drug-likeness (QED) is 0.698. The Morgan fingerprint density at radius 2 is 1.77 bits per heavy atom. The van der Waals surface area contributed by atoms with Crippen molar-refractivity contribution in [3.05, 3.63) is 35.4 Å². The molecule has 0 radical (unpaired) electrons. The van der Waals surface area contributed by atoms with Crippen LogP contribution in [0.15, 0.2) is 24.3 Å². The topological polar surface area (TPSA) is 0 Å². The Kier molecular flexibility index (Phi) is 3.98. The minimum atomic E-state index is 0.562. The molecule has 72 valence electrons. The van der Waals surface area contributed by atoms with Gasteiger partial charge in [0.1, 0.15) is 0 Å². The maximum Gasteiger partial charge on any atom is 0.0158 e. The second-order valence-electron chi connectivity index (χ2n) is 3.84. The van der Waals surface area contributed by atoms with E-state index in [1.54, 1.807) is 0 Å². The summed E-state index contributed by atoms with van der Waals surface area (Å²) in [5.41, 5.74) is 2.95. The van der Waals surface area contributed by atoms with Gasteiger partial charge in [-0.05, 0) is 23.5 Å². The number of halogens is 1. The lowest BCUT2D eigenvalue weighted by atomic mass is 9.95. The van der Waals surface area contributed by atoms with Crippen LogP contribution in [0.25, 0.3) is 0 Å². The van der Waals surface area contributed by atoms with Crippen molar-refractivity contribution in [3.8, 4) is 0 Å². The zero-order valence-corrected chi connectivity index (χ0v) is 10.1. The molecule has 1 aromatic carbocycles. The van der Waals surface area contributed by atoms with Crippen molar-refractivity contribution in [2.75, 3.05) is 0 Å². The van der Waals surface area contributed by atoms with Crippen molar-refractivity contribution in [2.45, 2.75) is 37.9 Å². The second kappa shape index (κ2) is 4.80. The van der Waals surface area contributed by atoms with Crippen LogP contribution in [0.1, 0.15) is 37.8 Å². The van der Waals surface area contributed by atoms with E-state index in [-0.39, 0.29) is 0 Å². The van der Waals surface area contributed by atoms with Gasteiger partial charge < -0.3 is 0 Å². The Hall–Kier alpha value is -0.300. The molecule has 1 aromatic rings. The summed E-state index contributed by atoms with van der Waals surface area (Å²) in [6.07, 6.45) is 1.12. The molecule has 13 heavy (non-hydrogen) atoms. The van der Waals surface area contributed by atoms with Gasteiger partial charge in [0.05, 0.1) is 0 Å². The van der Waals surface area contributed by atoms with Gasteiger partial charge in [-0.25, -0.2) is 0 Å². The van der Waals surface area contributed by atoms with Gasteiger partial charge in [-0.2, -0.15) is 0 Å². The number of benzene rings is 1. The minimum Gasteiger partial charge on any atom is -0.0890 e. The summed E-state index contributed by atoms with van der Waals surface area (Å²) >= 11 is 3.59.